The summed E-state index contributed by atoms with van der Waals surface area (Å²) in [6.45, 7) is 20.4. The van der Waals surface area contributed by atoms with Gasteiger partial charge in [0.1, 0.15) is 6.02 Å². The first kappa shape index (κ1) is 34.4. The van der Waals surface area contributed by atoms with Gasteiger partial charge in [-0.2, -0.15) is 0 Å². The number of nitrogens with one attached hydrogen (secondary N) is 7. The van der Waals surface area contributed by atoms with Crippen LogP contribution in [0, 0.1) is 41.4 Å². The van der Waals surface area contributed by atoms with E-state index in [0.717, 1.165) is 69.2 Å². The molecule has 72 heavy (non-hydrogen) atoms. The van der Waals surface area contributed by atoms with Crippen molar-refractivity contribution in [3.63, 3.8) is 0 Å². The molecule has 0 fully saturated rings. The van der Waals surface area contributed by atoms with E-state index in [4.69, 9.17) is 50.5 Å². The molecule has 4 unspecified atom stereocenters. The van der Waals surface area contributed by atoms with Crippen LogP contribution in [0.15, 0.2) is 0 Å². The molecule has 8 N–H and O–H groups in total. The predicted molar refractivity (Wildman–Crippen MR) is 301 cm³/mol. The number of hydrogen-bond acceptors (Lipinski definition) is 8. The number of carbonyl (C=O) groups is 8. The Balaban J connectivity index is -0.000000214. The highest BCUT2D eigenvalue weighted by Crippen LogP contribution is 2.07. The first-order valence-electron chi connectivity index (χ1n) is 39.2. The summed E-state index contributed by atoms with van der Waals surface area (Å²) in [5, 5.41) is 18.6. The number of hydrogen-bond donors (Lipinski definition) is 8. The first-order valence-corrected chi connectivity index (χ1v) is 22.9. The van der Waals surface area contributed by atoms with Gasteiger partial charge in [-0.1, -0.05) is 96.6 Å². The molecule has 0 aliphatic rings. The van der Waals surface area contributed by atoms with Gasteiger partial charge in [0, 0.05) is 117 Å². The van der Waals surface area contributed by atoms with E-state index in [9.17, 15) is 38.4 Å². The zero-order valence-corrected chi connectivity index (χ0v) is 47.4. The lowest BCUT2D eigenvalue weighted by Crippen LogP contribution is -2.40. The second-order valence-electron chi connectivity index (χ2n) is 16.9. The molecular weight excluding hydrogens is 915 g/mol. The molecule has 0 spiro atoms. The Kier molecular flexibility index (Phi) is 24.0. The van der Waals surface area contributed by atoms with Gasteiger partial charge in [0.05, 0.1) is 8.22 Å². The number of aliphatic carboxylic acids is 1. The molecular formula is C56H117N7O9. The quantitative estimate of drug-likeness (QED) is 0.0514. The zero-order valence-electron chi connectivity index (χ0n) is 80.4. The monoisotopic (exact) mass is 1070 g/mol. The molecule has 0 rings (SSSR count). The van der Waals surface area contributed by atoms with Gasteiger partial charge in [-0.05, 0) is 128 Å². The summed E-state index contributed by atoms with van der Waals surface area (Å²) in [5.74, 6) is -13.4. The Morgan fingerprint density at radius 2 is 0.694 bits per heavy atom. The van der Waals surface area contributed by atoms with E-state index >= 15 is 0 Å². The van der Waals surface area contributed by atoms with Crippen molar-refractivity contribution in [1.82, 2.24) is 37.2 Å². The molecule has 11 atom stereocenters. The largest absolute Gasteiger partial charge is 0.480 e. The molecule has 0 bridgehead atoms. The Morgan fingerprint density at radius 3 is 0.958 bits per heavy atom. The van der Waals surface area contributed by atoms with Crippen molar-refractivity contribution in [2.45, 2.75) is 274 Å². The normalized spacial score (nSPS) is 26.3. The maximum atomic E-state index is 11.0. The van der Waals surface area contributed by atoms with Crippen molar-refractivity contribution in [2.24, 2.45) is 41.4 Å². The predicted octanol–water partition coefficient (Wildman–Crippen LogP) is 9.96. The number of carboxylic acid groups (broad SMARTS) is 1. The average molecular weight is 1070 g/mol. The molecule has 0 aromatic carbocycles. The van der Waals surface area contributed by atoms with Crippen molar-refractivity contribution in [2.75, 3.05) is 0 Å². The maximum Gasteiger partial charge on any atom is 0.326 e. The highest BCUT2D eigenvalue weighted by atomic mass is 16.4. The Bertz CT molecular complexity index is 2790. The fraction of sp³-hybridized carbons (Fsp3) is 0.857. The van der Waals surface area contributed by atoms with Crippen LogP contribution >= 0.6 is 0 Å². The maximum absolute atomic E-state index is 11.0. The van der Waals surface area contributed by atoms with E-state index < -0.39 is 167 Å². The summed E-state index contributed by atoms with van der Waals surface area (Å²) in [6, 6.07) is -12.4. The van der Waals surface area contributed by atoms with Crippen molar-refractivity contribution >= 4 is 47.3 Å². The van der Waals surface area contributed by atoms with Crippen LogP contribution in [0.5, 0.6) is 0 Å². The molecule has 0 heterocycles. The van der Waals surface area contributed by atoms with Gasteiger partial charge < -0.3 is 42.3 Å². The molecule has 16 nitrogen and oxygen atoms in total. The number of amides is 7. The topological polar surface area (TPSA) is 241 Å². The Hall–Kier alpha value is -4.24. The third-order valence-electron chi connectivity index (χ3n) is 6.18. The standard InChI is InChI=1S/C8H15NO3.6C8H17NO/c1-5(2)4-7(8(11)12)9-6(3)10;6*1-6(2)5-7(3)9-8(4)10/h5,7H,4H2,1-3H3,(H,9,10)(H,11,12);6*6-7H,5H2,1-4H3,(H,9,10)/t7*7-/m1000000/s1/i1D3,5D,7D;5D2,6D,7D;2*1D3,5D2,7D;2*5D2,7D;1D3/hD3/t5?,7-;m;2*6?,7-;2m;6?,7-. The van der Waals surface area contributed by atoms with Gasteiger partial charge >= 0.3 is 5.97 Å². The molecule has 7 amide bonds. The van der Waals surface area contributed by atoms with E-state index in [0.29, 0.717) is 11.7 Å². The minimum atomic E-state index is -2.74. The molecule has 0 aliphatic carbocycles. The van der Waals surface area contributed by atoms with Gasteiger partial charge in [0.15, 0.2) is 4.24 Å². The fourth-order valence-electron chi connectivity index (χ4n) is 4.84. The van der Waals surface area contributed by atoms with E-state index in [2.05, 4.69) is 16.0 Å². The van der Waals surface area contributed by atoms with Gasteiger partial charge in [0.25, 0.3) is 0 Å². The van der Waals surface area contributed by atoms with Gasteiger partial charge in [0.2, 0.25) is 41.4 Å². The number of carbonyl (C=O) groups excluding carboxylic acids is 7. The molecule has 16 heteroatoms. The van der Waals surface area contributed by atoms with Crippen LogP contribution in [0.4, 0.5) is 0 Å². The smallest absolute Gasteiger partial charge is 0.326 e. The summed E-state index contributed by atoms with van der Waals surface area (Å²) in [4.78, 5) is 86.8. The highest BCUT2D eigenvalue weighted by Gasteiger charge is 2.19. The van der Waals surface area contributed by atoms with Crippen molar-refractivity contribution in [3.8, 4) is 0 Å². The van der Waals surface area contributed by atoms with Gasteiger partial charge in [-0.15, -0.1) is 0 Å². The van der Waals surface area contributed by atoms with Gasteiger partial charge in [-0.3, -0.25) is 33.6 Å². The van der Waals surface area contributed by atoms with E-state index in [1.54, 1.807) is 34.6 Å². The van der Waals surface area contributed by atoms with Crippen molar-refractivity contribution in [1.29, 1.82) is 0 Å². The van der Waals surface area contributed by atoms with Crippen LogP contribution < -0.4 is 37.2 Å². The SMILES string of the molecule is [2H]C([2H])(C(C)C)[C@]([2H])(C)NC(C)=O.[2H]C([2H])([2H])C(C)C([2H])([2H])[C@]([2H])(C)NC(C)=O.[2H]C([2H])([2H])C(C)C[C@H](C)NC(C)=O.[2H]C([2H])([2H])C([2H])(C)C[C@@]([2H])(NC(C)=O)C(=O)O.[2H]N(C(C)=O)[C@@]([2H])(C)C([2H])([2H])C(C)C.[2H]N(C(C)=O)[C@@]([2H])(C)C([2H])([2H])C(C)C([2H])([2H])[2H].[2H]N(C(C)=O)[C@@]([2H])(C)C([2H])([2H])C([2H])(C)C. The van der Waals surface area contributed by atoms with Gasteiger partial charge in [-0.25, -0.2) is 4.79 Å². The molecule has 0 saturated carbocycles. The molecule has 0 aliphatic heterocycles. The van der Waals surface area contributed by atoms with Crippen LogP contribution in [0.3, 0.4) is 0 Å². The van der Waals surface area contributed by atoms with E-state index in [1.807, 2.05) is 12.2 Å². The first-order chi connectivity index (χ1) is 45.1. The Morgan fingerprint density at radius 1 is 0.389 bits per heavy atom. The molecule has 0 radical (unpaired) electrons. The van der Waals surface area contributed by atoms with E-state index in [1.165, 1.54) is 48.5 Å². The lowest BCUT2D eigenvalue weighted by Gasteiger charge is -2.14. The molecule has 0 saturated heterocycles. The van der Waals surface area contributed by atoms with E-state index in [-0.39, 0.29) is 40.3 Å². The number of rotatable bonds is 22. The van der Waals surface area contributed by atoms with Crippen molar-refractivity contribution < 1.29 is 88.8 Å². The van der Waals surface area contributed by atoms with Crippen LogP contribution in [-0.4, -0.2) is 94.6 Å². The van der Waals surface area contributed by atoms with Crippen LogP contribution in [0.25, 0.3) is 0 Å². The lowest BCUT2D eigenvalue weighted by molar-refractivity contribution is -0.142. The third kappa shape index (κ3) is 88.7. The fourth-order valence-corrected chi connectivity index (χ4v) is 4.84. The molecule has 0 aromatic heterocycles. The summed E-state index contributed by atoms with van der Waals surface area (Å²) < 4.78 is 246. The third-order valence-corrected chi connectivity index (χ3v) is 6.18. The second-order valence-corrected chi connectivity index (χ2v) is 16.9. The molecule has 430 valence electrons. The van der Waals surface area contributed by atoms with Crippen LogP contribution in [0.1, 0.15) is 272 Å². The Labute approximate surface area is 488 Å². The van der Waals surface area contributed by atoms with Crippen LogP contribution in [0.2, 0.25) is 4.24 Å². The highest BCUT2D eigenvalue weighted by molar-refractivity contribution is 5.82. The summed E-state index contributed by atoms with van der Waals surface area (Å²) in [6.07, 6.45) is -11.2. The summed E-state index contributed by atoms with van der Waals surface area (Å²) in [5.41, 5.74) is 0. The van der Waals surface area contributed by atoms with Crippen LogP contribution in [-0.2, 0) is 38.4 Å². The summed E-state index contributed by atoms with van der Waals surface area (Å²) >= 11 is 0. The summed E-state index contributed by atoms with van der Waals surface area (Å²) in [7, 11) is 0. The second kappa shape index (κ2) is 50.3. The average Bonchev–Trinajstić information content (AvgIpc) is 0.778. The minimum Gasteiger partial charge on any atom is -0.480 e. The minimum absolute atomic E-state index is 0.0760. The zero-order chi connectivity index (χ0) is 87.6. The van der Waals surface area contributed by atoms with Crippen molar-refractivity contribution in [3.05, 3.63) is 0 Å². The lowest BCUT2D eigenvalue weighted by atomic mass is 10.0. The number of carboxylic acids is 1. The molecule has 0 aromatic rings.